The normalized spacial score (nSPS) is 12.5. The predicted octanol–water partition coefficient (Wildman–Crippen LogP) is 3.12. The largest absolute Gasteiger partial charge is 0.382 e. The van der Waals surface area contributed by atoms with E-state index in [4.69, 9.17) is 9.47 Å². The Bertz CT molecular complexity index is 502. The molecule has 1 aromatic carbocycles. The van der Waals surface area contributed by atoms with Crippen molar-refractivity contribution >= 4 is 29.9 Å². The van der Waals surface area contributed by atoms with Gasteiger partial charge in [-0.1, -0.05) is 30.3 Å². The van der Waals surface area contributed by atoms with Crippen LogP contribution in [0.1, 0.15) is 31.7 Å². The van der Waals surface area contributed by atoms with Crippen molar-refractivity contribution in [3.8, 4) is 0 Å². The molecule has 0 aliphatic carbocycles. The van der Waals surface area contributed by atoms with Crippen molar-refractivity contribution < 1.29 is 9.47 Å². The maximum Gasteiger partial charge on any atom is 0.190 e. The van der Waals surface area contributed by atoms with Gasteiger partial charge in [-0.3, -0.25) is 9.89 Å². The average molecular weight is 506 g/mol. The summed E-state index contributed by atoms with van der Waals surface area (Å²) in [5, 5.41) is 6.76. The van der Waals surface area contributed by atoms with Gasteiger partial charge in [-0.25, -0.2) is 0 Å². The number of guanidine groups is 1. The van der Waals surface area contributed by atoms with E-state index in [9.17, 15) is 0 Å². The number of hydrogen-bond acceptors (Lipinski definition) is 4. The van der Waals surface area contributed by atoms with Crippen LogP contribution in [0.4, 0.5) is 0 Å². The summed E-state index contributed by atoms with van der Waals surface area (Å²) in [5.41, 5.74) is 1.35. The smallest absolute Gasteiger partial charge is 0.190 e. The molecule has 1 unspecified atom stereocenters. The summed E-state index contributed by atoms with van der Waals surface area (Å²) in [4.78, 5) is 6.67. The van der Waals surface area contributed by atoms with Crippen LogP contribution in [0, 0.1) is 0 Å². The minimum atomic E-state index is 0. The van der Waals surface area contributed by atoms with Gasteiger partial charge >= 0.3 is 0 Å². The van der Waals surface area contributed by atoms with Gasteiger partial charge < -0.3 is 20.1 Å². The Morgan fingerprint density at radius 3 is 2.46 bits per heavy atom. The molecule has 0 bridgehead atoms. The fourth-order valence-corrected chi connectivity index (χ4v) is 2.65. The summed E-state index contributed by atoms with van der Waals surface area (Å²) < 4.78 is 10.4. The third kappa shape index (κ3) is 13.3. The second-order valence-corrected chi connectivity index (χ2v) is 6.78. The first-order valence-corrected chi connectivity index (χ1v) is 9.92. The third-order valence-electron chi connectivity index (χ3n) is 4.55. The molecule has 0 fully saturated rings. The summed E-state index contributed by atoms with van der Waals surface area (Å²) in [5.74, 6) is 0.869. The Hall–Kier alpha value is -0.900. The average Bonchev–Trinajstić information content (AvgIpc) is 2.69. The minimum Gasteiger partial charge on any atom is -0.382 e. The molecule has 0 radical (unpaired) electrons. The molecular formula is C21H39IN4O2. The molecule has 2 N–H and O–H groups in total. The number of nitrogens with one attached hydrogen (secondary N) is 2. The van der Waals surface area contributed by atoms with Crippen LogP contribution in [0.3, 0.4) is 0 Å². The van der Waals surface area contributed by atoms with Gasteiger partial charge in [-0.15, -0.1) is 24.0 Å². The van der Waals surface area contributed by atoms with Gasteiger partial charge in [0.05, 0.1) is 13.2 Å². The molecule has 1 aromatic rings. The Morgan fingerprint density at radius 2 is 1.79 bits per heavy atom. The monoisotopic (exact) mass is 506 g/mol. The molecule has 0 heterocycles. The molecule has 0 amide bonds. The first-order valence-electron chi connectivity index (χ1n) is 9.92. The van der Waals surface area contributed by atoms with Crippen molar-refractivity contribution in [2.24, 2.45) is 4.99 Å². The Balaban J connectivity index is 0.00000729. The van der Waals surface area contributed by atoms with Gasteiger partial charge in [0.1, 0.15) is 0 Å². The molecule has 1 atom stereocenters. The number of ether oxygens (including phenoxy) is 2. The highest BCUT2D eigenvalue weighted by atomic mass is 127. The van der Waals surface area contributed by atoms with Crippen molar-refractivity contribution in [2.45, 2.75) is 38.8 Å². The number of nitrogens with zero attached hydrogens (tertiary/aromatic N) is 2. The summed E-state index contributed by atoms with van der Waals surface area (Å²) >= 11 is 0. The third-order valence-corrected chi connectivity index (χ3v) is 4.55. The lowest BCUT2D eigenvalue weighted by Gasteiger charge is -2.25. The number of methoxy groups -OCH3 is 1. The van der Waals surface area contributed by atoms with Gasteiger partial charge in [-0.05, 0) is 38.8 Å². The zero-order chi connectivity index (χ0) is 19.7. The van der Waals surface area contributed by atoms with E-state index >= 15 is 0 Å². The molecule has 0 saturated carbocycles. The second kappa shape index (κ2) is 18.1. The molecule has 0 aromatic heterocycles. The zero-order valence-electron chi connectivity index (χ0n) is 17.9. The zero-order valence-corrected chi connectivity index (χ0v) is 20.3. The number of aliphatic imine (C=N–C) groups is 1. The second-order valence-electron chi connectivity index (χ2n) is 6.78. The number of rotatable bonds is 14. The van der Waals surface area contributed by atoms with Gasteiger partial charge in [0.15, 0.2) is 5.96 Å². The predicted molar refractivity (Wildman–Crippen MR) is 129 cm³/mol. The van der Waals surface area contributed by atoms with E-state index in [1.807, 2.05) is 7.05 Å². The summed E-state index contributed by atoms with van der Waals surface area (Å²) in [6.45, 7) is 7.16. The molecule has 6 nitrogen and oxygen atoms in total. The van der Waals surface area contributed by atoms with Gasteiger partial charge in [0.25, 0.3) is 0 Å². The van der Waals surface area contributed by atoms with Crippen LogP contribution in [-0.4, -0.2) is 71.0 Å². The van der Waals surface area contributed by atoms with Crippen LogP contribution in [0.25, 0.3) is 0 Å². The molecule has 0 aliphatic rings. The Labute approximate surface area is 188 Å². The van der Waals surface area contributed by atoms with Crippen LogP contribution >= 0.6 is 24.0 Å². The lowest BCUT2D eigenvalue weighted by atomic mass is 10.1. The Morgan fingerprint density at radius 1 is 1.07 bits per heavy atom. The van der Waals surface area contributed by atoms with Crippen molar-refractivity contribution in [1.82, 2.24) is 15.5 Å². The topological polar surface area (TPSA) is 58.1 Å². The van der Waals surface area contributed by atoms with Gasteiger partial charge in [0, 0.05) is 46.4 Å². The lowest BCUT2D eigenvalue weighted by molar-refractivity contribution is 0.0689. The number of hydrogen-bond donors (Lipinski definition) is 2. The Kier molecular flexibility index (Phi) is 17.6. The molecule has 28 heavy (non-hydrogen) atoms. The molecule has 162 valence electrons. The molecule has 0 aliphatic heterocycles. The fraction of sp³-hybridized carbons (Fsp3) is 0.667. The number of benzene rings is 1. The van der Waals surface area contributed by atoms with E-state index in [-0.39, 0.29) is 24.0 Å². The van der Waals surface area contributed by atoms with Crippen molar-refractivity contribution in [3.63, 3.8) is 0 Å². The van der Waals surface area contributed by atoms with E-state index in [1.54, 1.807) is 7.11 Å². The molecular weight excluding hydrogens is 467 g/mol. The molecule has 7 heteroatoms. The molecule has 0 saturated heterocycles. The first kappa shape index (κ1) is 27.1. The molecule has 0 spiro atoms. The minimum absolute atomic E-state index is 0. The maximum atomic E-state index is 5.46. The fourth-order valence-electron chi connectivity index (χ4n) is 2.65. The van der Waals surface area contributed by atoms with Crippen molar-refractivity contribution in [1.29, 1.82) is 0 Å². The van der Waals surface area contributed by atoms with Crippen molar-refractivity contribution in [2.75, 3.05) is 54.1 Å². The van der Waals surface area contributed by atoms with Crippen molar-refractivity contribution in [3.05, 3.63) is 35.9 Å². The van der Waals surface area contributed by atoms with Crippen LogP contribution < -0.4 is 10.6 Å². The highest BCUT2D eigenvalue weighted by Gasteiger charge is 2.09. The number of halogens is 1. The lowest BCUT2D eigenvalue weighted by Crippen LogP contribution is -2.40. The summed E-state index contributed by atoms with van der Waals surface area (Å²) in [7, 11) is 5.68. The van der Waals surface area contributed by atoms with Crippen LogP contribution in [0.15, 0.2) is 35.3 Å². The van der Waals surface area contributed by atoms with E-state index in [1.165, 1.54) is 5.56 Å². The maximum absolute atomic E-state index is 5.46. The standard InChI is InChI=1S/C21H38N4O2.HI/c1-19(25(3)18-20-10-6-5-7-11-20)12-14-24-21(22-2)23-13-8-9-15-27-17-16-26-4;/h5-7,10-11,19H,8-9,12-18H2,1-4H3,(H2,22,23,24);1H. The SMILES string of the molecule is CN=C(NCCCCOCCOC)NCCC(C)N(C)Cc1ccccc1.I. The highest BCUT2D eigenvalue weighted by Crippen LogP contribution is 2.07. The van der Waals surface area contributed by atoms with Crippen LogP contribution in [0.2, 0.25) is 0 Å². The van der Waals surface area contributed by atoms with E-state index in [0.717, 1.165) is 51.5 Å². The quantitative estimate of drug-likeness (QED) is 0.176. The van der Waals surface area contributed by atoms with E-state index in [2.05, 4.69) is 64.8 Å². The molecule has 1 rings (SSSR count). The van der Waals surface area contributed by atoms with E-state index < -0.39 is 0 Å². The van der Waals surface area contributed by atoms with Crippen LogP contribution in [0.5, 0.6) is 0 Å². The highest BCUT2D eigenvalue weighted by molar-refractivity contribution is 14.0. The van der Waals surface area contributed by atoms with Gasteiger partial charge in [-0.2, -0.15) is 0 Å². The first-order chi connectivity index (χ1) is 13.2. The number of unbranched alkanes of at least 4 members (excludes halogenated alkanes) is 1. The summed E-state index contributed by atoms with van der Waals surface area (Å²) in [6.07, 6.45) is 3.16. The van der Waals surface area contributed by atoms with E-state index in [0.29, 0.717) is 19.3 Å². The van der Waals surface area contributed by atoms with Crippen LogP contribution in [-0.2, 0) is 16.0 Å². The summed E-state index contributed by atoms with van der Waals surface area (Å²) in [6, 6.07) is 11.1. The van der Waals surface area contributed by atoms with Gasteiger partial charge in [0.2, 0.25) is 0 Å².